The van der Waals surface area contributed by atoms with Crippen LogP contribution in [0.3, 0.4) is 0 Å². The van der Waals surface area contributed by atoms with Gasteiger partial charge in [0.05, 0.1) is 17.2 Å². The Kier molecular flexibility index (Phi) is 8.92. The van der Waals surface area contributed by atoms with E-state index in [2.05, 4.69) is 6.92 Å². The molecule has 0 radical (unpaired) electrons. The van der Waals surface area contributed by atoms with Crippen LogP contribution in [0.25, 0.3) is 0 Å². The monoisotopic (exact) mass is 485 g/mol. The molecule has 0 heterocycles. The van der Waals surface area contributed by atoms with Gasteiger partial charge in [0.25, 0.3) is 10.0 Å². The molecule has 0 atom stereocenters. The molecule has 3 aromatic carbocycles. The van der Waals surface area contributed by atoms with E-state index in [1.807, 2.05) is 12.1 Å². The number of hydrogen-bond donors (Lipinski definition) is 0. The van der Waals surface area contributed by atoms with Crippen LogP contribution in [0.5, 0.6) is 5.75 Å². The van der Waals surface area contributed by atoms with Crippen molar-refractivity contribution in [2.24, 2.45) is 0 Å². The van der Waals surface area contributed by atoms with Gasteiger partial charge in [0.1, 0.15) is 5.75 Å². The smallest absolute Gasteiger partial charge is 0.270 e. The number of benzene rings is 3. The number of unbranched alkanes of at least 4 members (excludes halogenated alkanes) is 1. The third-order valence-electron chi connectivity index (χ3n) is 5.12. The Hall–Kier alpha value is -2.83. The first-order valence-electron chi connectivity index (χ1n) is 11.0. The minimum Gasteiger partial charge on any atom is -0.494 e. The molecule has 7 heteroatoms. The van der Waals surface area contributed by atoms with Crippen molar-refractivity contribution in [1.82, 2.24) is 0 Å². The molecule has 33 heavy (non-hydrogen) atoms. The number of rotatable bonds is 11. The summed E-state index contributed by atoms with van der Waals surface area (Å²) in [4.78, 5) is 13.2. The number of carbonyl (C=O) groups excluding carboxylic acids is 1. The fourth-order valence-corrected chi connectivity index (χ4v) is 4.94. The van der Waals surface area contributed by atoms with E-state index in [-0.39, 0.29) is 17.9 Å². The molecule has 1 amide bonds. The predicted octanol–water partition coefficient (Wildman–Crippen LogP) is 6.26. The van der Waals surface area contributed by atoms with Crippen molar-refractivity contribution in [3.05, 3.63) is 89.4 Å². The molecule has 0 aliphatic heterocycles. The van der Waals surface area contributed by atoms with Crippen LogP contribution in [0.15, 0.2) is 83.8 Å². The first-order chi connectivity index (χ1) is 15.9. The minimum atomic E-state index is -4.05. The number of ether oxygens (including phenoxy) is 1. The van der Waals surface area contributed by atoms with Crippen LogP contribution < -0.4 is 9.04 Å². The molecule has 0 aliphatic rings. The Bertz CT molecular complexity index is 1130. The number of nitrogens with zero attached hydrogens (tertiary/aromatic N) is 1. The van der Waals surface area contributed by atoms with E-state index in [1.165, 1.54) is 12.1 Å². The lowest BCUT2D eigenvalue weighted by Gasteiger charge is -2.23. The van der Waals surface area contributed by atoms with Crippen molar-refractivity contribution in [3.8, 4) is 5.75 Å². The lowest BCUT2D eigenvalue weighted by molar-refractivity contribution is -0.117. The van der Waals surface area contributed by atoms with Gasteiger partial charge in [-0.25, -0.2) is 12.7 Å². The number of hydrogen-bond acceptors (Lipinski definition) is 4. The maximum atomic E-state index is 13.4. The molecule has 0 aromatic heterocycles. The lowest BCUT2D eigenvalue weighted by Crippen LogP contribution is -2.37. The highest BCUT2D eigenvalue weighted by atomic mass is 35.5. The van der Waals surface area contributed by atoms with Gasteiger partial charge in [-0.2, -0.15) is 0 Å². The van der Waals surface area contributed by atoms with Gasteiger partial charge in [-0.05, 0) is 73.4 Å². The van der Waals surface area contributed by atoms with Crippen molar-refractivity contribution in [2.75, 3.05) is 10.9 Å². The molecule has 0 spiro atoms. The van der Waals surface area contributed by atoms with E-state index >= 15 is 0 Å². The van der Waals surface area contributed by atoms with Crippen LogP contribution in [-0.2, 0) is 21.2 Å². The SMILES string of the molecule is CCCCc1ccc(N(C(=O)CCCOc2ccc(Cl)cc2)S(=O)(=O)c2ccccc2)cc1. The Morgan fingerprint density at radius 1 is 0.909 bits per heavy atom. The quantitative estimate of drug-likeness (QED) is 0.300. The molecule has 0 aliphatic carbocycles. The average Bonchev–Trinajstić information content (AvgIpc) is 2.83. The van der Waals surface area contributed by atoms with Crippen LogP contribution in [0.4, 0.5) is 5.69 Å². The highest BCUT2D eigenvalue weighted by Crippen LogP contribution is 2.26. The zero-order chi connectivity index (χ0) is 23.7. The predicted molar refractivity (Wildman–Crippen MR) is 132 cm³/mol. The van der Waals surface area contributed by atoms with Gasteiger partial charge in [-0.1, -0.05) is 55.3 Å². The Balaban J connectivity index is 1.76. The average molecular weight is 486 g/mol. The van der Waals surface area contributed by atoms with Gasteiger partial charge in [0.2, 0.25) is 5.91 Å². The van der Waals surface area contributed by atoms with Crippen LogP contribution in [-0.4, -0.2) is 20.9 Å². The number of halogens is 1. The highest BCUT2D eigenvalue weighted by Gasteiger charge is 2.30. The molecule has 3 rings (SSSR count). The number of carbonyl (C=O) groups is 1. The van der Waals surface area contributed by atoms with E-state index in [1.54, 1.807) is 54.6 Å². The zero-order valence-electron chi connectivity index (χ0n) is 18.6. The molecule has 174 valence electrons. The largest absolute Gasteiger partial charge is 0.494 e. The molecule has 3 aromatic rings. The highest BCUT2D eigenvalue weighted by molar-refractivity contribution is 7.93. The lowest BCUT2D eigenvalue weighted by atomic mass is 10.1. The molecule has 0 saturated heterocycles. The number of amides is 1. The Morgan fingerprint density at radius 2 is 1.58 bits per heavy atom. The first kappa shape index (κ1) is 24.8. The maximum Gasteiger partial charge on any atom is 0.270 e. The molecular formula is C26H28ClNO4S. The summed E-state index contributed by atoms with van der Waals surface area (Å²) >= 11 is 5.87. The third-order valence-corrected chi connectivity index (χ3v) is 7.13. The minimum absolute atomic E-state index is 0.0250. The normalized spacial score (nSPS) is 11.2. The second-order valence-electron chi connectivity index (χ2n) is 7.65. The fraction of sp³-hybridized carbons (Fsp3) is 0.269. The summed E-state index contributed by atoms with van der Waals surface area (Å²) < 4.78 is 33.3. The standard InChI is InChI=1S/C26H28ClNO4S/c1-2-3-8-21-12-16-23(17-13-21)28(33(30,31)25-9-5-4-6-10-25)26(29)11-7-20-32-24-18-14-22(27)15-19-24/h4-6,9-10,12-19H,2-3,7-8,11,20H2,1H3. The van der Waals surface area contributed by atoms with Crippen molar-refractivity contribution >= 4 is 33.2 Å². The molecular weight excluding hydrogens is 458 g/mol. The summed E-state index contributed by atoms with van der Waals surface area (Å²) in [5.74, 6) is 0.142. The summed E-state index contributed by atoms with van der Waals surface area (Å²) in [6, 6.07) is 22.1. The molecule has 0 unspecified atom stereocenters. The fourth-order valence-electron chi connectivity index (χ4n) is 3.34. The first-order valence-corrected chi connectivity index (χ1v) is 12.8. The molecule has 0 bridgehead atoms. The Morgan fingerprint density at radius 3 is 2.21 bits per heavy atom. The van der Waals surface area contributed by atoms with Crippen LogP contribution in [0.1, 0.15) is 38.2 Å². The summed E-state index contributed by atoms with van der Waals surface area (Å²) in [5, 5.41) is 0.611. The zero-order valence-corrected chi connectivity index (χ0v) is 20.2. The molecule has 5 nitrogen and oxygen atoms in total. The van der Waals surface area contributed by atoms with Crippen molar-refractivity contribution in [1.29, 1.82) is 0 Å². The number of aryl methyl sites for hydroxylation is 1. The van der Waals surface area contributed by atoms with Gasteiger partial charge in [-0.3, -0.25) is 4.79 Å². The van der Waals surface area contributed by atoms with Crippen molar-refractivity contribution in [2.45, 2.75) is 43.9 Å². The van der Waals surface area contributed by atoms with Gasteiger partial charge in [0.15, 0.2) is 0 Å². The summed E-state index contributed by atoms with van der Waals surface area (Å²) in [7, 11) is -4.05. The van der Waals surface area contributed by atoms with Crippen molar-refractivity contribution < 1.29 is 17.9 Å². The van der Waals surface area contributed by atoms with Gasteiger partial charge in [0, 0.05) is 11.4 Å². The summed E-state index contributed by atoms with van der Waals surface area (Å²) in [5.41, 5.74) is 1.45. The van der Waals surface area contributed by atoms with Crippen LogP contribution in [0, 0.1) is 0 Å². The van der Waals surface area contributed by atoms with E-state index in [0.717, 1.165) is 29.1 Å². The van der Waals surface area contributed by atoms with Crippen LogP contribution >= 0.6 is 11.6 Å². The van der Waals surface area contributed by atoms with E-state index in [9.17, 15) is 13.2 Å². The van der Waals surface area contributed by atoms with Crippen molar-refractivity contribution in [3.63, 3.8) is 0 Å². The van der Waals surface area contributed by atoms with E-state index in [0.29, 0.717) is 22.9 Å². The van der Waals surface area contributed by atoms with Crippen LogP contribution in [0.2, 0.25) is 5.02 Å². The number of anilines is 1. The topological polar surface area (TPSA) is 63.7 Å². The van der Waals surface area contributed by atoms with E-state index in [4.69, 9.17) is 16.3 Å². The van der Waals surface area contributed by atoms with Gasteiger partial charge < -0.3 is 4.74 Å². The number of sulfonamides is 1. The summed E-state index contributed by atoms with van der Waals surface area (Å²) in [6.07, 6.45) is 3.44. The summed E-state index contributed by atoms with van der Waals surface area (Å²) in [6.45, 7) is 2.40. The third kappa shape index (κ3) is 6.83. The second kappa shape index (κ2) is 11.9. The molecule has 0 fully saturated rings. The molecule has 0 N–H and O–H groups in total. The van der Waals surface area contributed by atoms with E-state index < -0.39 is 15.9 Å². The Labute approximate surface area is 201 Å². The maximum absolute atomic E-state index is 13.4. The molecule has 0 saturated carbocycles. The second-order valence-corrected chi connectivity index (χ2v) is 9.88. The van der Waals surface area contributed by atoms with Gasteiger partial charge >= 0.3 is 0 Å². The van der Waals surface area contributed by atoms with Gasteiger partial charge in [-0.15, -0.1) is 0 Å².